The first-order chi connectivity index (χ1) is 18.6. The lowest BCUT2D eigenvalue weighted by atomic mass is 10.0. The van der Waals surface area contributed by atoms with Gasteiger partial charge in [0.15, 0.2) is 0 Å². The molecule has 0 spiro atoms. The SMILES string of the molecule is CCCCCC[C@@H](O)C/C=C\CCCCCCCC(=O)CCCCCCC/C=C\C[C@H](O)CCCCCC. The van der Waals surface area contributed by atoms with Crippen LogP contribution in [-0.2, 0) is 4.79 Å². The lowest BCUT2D eigenvalue weighted by molar-refractivity contribution is -0.119. The summed E-state index contributed by atoms with van der Waals surface area (Å²) in [6.45, 7) is 4.44. The number of aliphatic hydroxyl groups excluding tert-OH is 2. The molecule has 0 aliphatic rings. The Morgan fingerprint density at radius 2 is 0.868 bits per heavy atom. The van der Waals surface area contributed by atoms with Crippen molar-refractivity contribution >= 4 is 5.78 Å². The van der Waals surface area contributed by atoms with Gasteiger partial charge in [-0.25, -0.2) is 0 Å². The highest BCUT2D eigenvalue weighted by Gasteiger charge is 2.03. The van der Waals surface area contributed by atoms with E-state index in [2.05, 4.69) is 38.2 Å². The molecule has 0 radical (unpaired) electrons. The van der Waals surface area contributed by atoms with Crippen LogP contribution < -0.4 is 0 Å². The lowest BCUT2D eigenvalue weighted by Gasteiger charge is -2.07. The van der Waals surface area contributed by atoms with Crippen molar-refractivity contribution < 1.29 is 15.0 Å². The van der Waals surface area contributed by atoms with E-state index in [1.54, 1.807) is 0 Å². The van der Waals surface area contributed by atoms with Gasteiger partial charge in [0.25, 0.3) is 0 Å². The van der Waals surface area contributed by atoms with Crippen molar-refractivity contribution in [2.75, 3.05) is 0 Å². The van der Waals surface area contributed by atoms with E-state index in [0.717, 1.165) is 77.0 Å². The topological polar surface area (TPSA) is 57.5 Å². The van der Waals surface area contributed by atoms with Crippen molar-refractivity contribution in [1.29, 1.82) is 0 Å². The second-order valence-electron chi connectivity index (χ2n) is 11.6. The number of hydrogen-bond donors (Lipinski definition) is 2. The molecule has 3 nitrogen and oxygen atoms in total. The van der Waals surface area contributed by atoms with Crippen LogP contribution in [0.25, 0.3) is 0 Å². The molecule has 2 N–H and O–H groups in total. The number of ketones is 1. The van der Waals surface area contributed by atoms with Gasteiger partial charge in [0.1, 0.15) is 5.78 Å². The molecule has 0 unspecified atom stereocenters. The average molecular weight is 535 g/mol. The molecule has 0 rings (SSSR count). The molecule has 2 atom stereocenters. The second kappa shape index (κ2) is 30.6. The number of rotatable bonds is 30. The van der Waals surface area contributed by atoms with E-state index in [9.17, 15) is 15.0 Å². The average Bonchev–Trinajstić information content (AvgIpc) is 2.91. The van der Waals surface area contributed by atoms with Gasteiger partial charge in [0.2, 0.25) is 0 Å². The van der Waals surface area contributed by atoms with Crippen molar-refractivity contribution in [3.63, 3.8) is 0 Å². The Hall–Kier alpha value is -0.930. The molecule has 0 aromatic rings. The molecule has 0 bridgehead atoms. The zero-order valence-corrected chi connectivity index (χ0v) is 25.7. The normalized spacial score (nSPS) is 13.6. The highest BCUT2D eigenvalue weighted by Crippen LogP contribution is 2.13. The maximum Gasteiger partial charge on any atom is 0.132 e. The fraction of sp³-hybridized carbons (Fsp3) is 0.857. The number of unbranched alkanes of at least 4 members (excludes halogenated alkanes) is 16. The van der Waals surface area contributed by atoms with Gasteiger partial charge in [-0.2, -0.15) is 0 Å². The van der Waals surface area contributed by atoms with Gasteiger partial charge in [-0.05, 0) is 64.2 Å². The van der Waals surface area contributed by atoms with Gasteiger partial charge in [0.05, 0.1) is 12.2 Å². The minimum absolute atomic E-state index is 0.163. The Morgan fingerprint density at radius 1 is 0.500 bits per heavy atom. The molecule has 0 aliphatic heterocycles. The summed E-state index contributed by atoms with van der Waals surface area (Å²) in [6.07, 6.45) is 37.4. The molecule has 0 fully saturated rings. The minimum Gasteiger partial charge on any atom is -0.393 e. The second-order valence-corrected chi connectivity index (χ2v) is 11.6. The quantitative estimate of drug-likeness (QED) is 0.0711. The Labute approximate surface area is 238 Å². The van der Waals surface area contributed by atoms with Crippen LogP contribution in [0.5, 0.6) is 0 Å². The summed E-state index contributed by atoms with van der Waals surface area (Å²) in [4.78, 5) is 12.1. The molecule has 0 saturated heterocycles. The predicted molar refractivity (Wildman–Crippen MR) is 167 cm³/mol. The maximum atomic E-state index is 12.1. The van der Waals surface area contributed by atoms with Crippen LogP contribution in [0, 0.1) is 0 Å². The fourth-order valence-electron chi connectivity index (χ4n) is 4.95. The van der Waals surface area contributed by atoms with Gasteiger partial charge in [-0.15, -0.1) is 0 Å². The van der Waals surface area contributed by atoms with Gasteiger partial charge in [-0.1, -0.05) is 128 Å². The number of allylic oxidation sites excluding steroid dienone is 2. The van der Waals surface area contributed by atoms with E-state index in [1.807, 2.05) is 0 Å². The first kappa shape index (κ1) is 37.1. The lowest BCUT2D eigenvalue weighted by Crippen LogP contribution is -2.04. The molecule has 224 valence electrons. The van der Waals surface area contributed by atoms with Gasteiger partial charge < -0.3 is 10.2 Å². The van der Waals surface area contributed by atoms with Gasteiger partial charge in [0, 0.05) is 12.8 Å². The van der Waals surface area contributed by atoms with Crippen molar-refractivity contribution in [3.05, 3.63) is 24.3 Å². The molecule has 0 aromatic carbocycles. The molecule has 0 aromatic heterocycles. The van der Waals surface area contributed by atoms with Crippen LogP contribution in [0.1, 0.15) is 181 Å². The monoisotopic (exact) mass is 535 g/mol. The van der Waals surface area contributed by atoms with Crippen molar-refractivity contribution in [3.8, 4) is 0 Å². The summed E-state index contributed by atoms with van der Waals surface area (Å²) >= 11 is 0. The zero-order valence-electron chi connectivity index (χ0n) is 25.7. The smallest absolute Gasteiger partial charge is 0.132 e. The maximum absolute atomic E-state index is 12.1. The zero-order chi connectivity index (χ0) is 27.9. The van der Waals surface area contributed by atoms with Crippen molar-refractivity contribution in [2.45, 2.75) is 193 Å². The standard InChI is InChI=1S/C35H66O3/c1-3-5-7-21-27-33(36)29-23-17-13-9-11-15-19-25-31-35(38)32-26-20-16-12-10-14-18-24-30-34(37)28-22-8-6-4-2/h17-18,23-24,33-34,36-37H,3-16,19-22,25-32H2,1-2H3/b23-17-,24-18-/t33-,34-/m1/s1. The fourth-order valence-corrected chi connectivity index (χ4v) is 4.95. The largest absolute Gasteiger partial charge is 0.393 e. The minimum atomic E-state index is -0.163. The molecular weight excluding hydrogens is 468 g/mol. The number of carbonyl (C=O) groups is 1. The van der Waals surface area contributed by atoms with Crippen LogP contribution in [0.2, 0.25) is 0 Å². The summed E-state index contributed by atoms with van der Waals surface area (Å²) in [5, 5.41) is 20.0. The Balaban J connectivity index is 3.37. The summed E-state index contributed by atoms with van der Waals surface area (Å²) in [7, 11) is 0. The van der Waals surface area contributed by atoms with E-state index in [0.29, 0.717) is 5.78 Å². The number of hydrogen-bond acceptors (Lipinski definition) is 3. The third kappa shape index (κ3) is 29.6. The van der Waals surface area contributed by atoms with Crippen LogP contribution in [0.4, 0.5) is 0 Å². The van der Waals surface area contributed by atoms with E-state index in [-0.39, 0.29) is 12.2 Å². The highest BCUT2D eigenvalue weighted by molar-refractivity contribution is 5.78. The van der Waals surface area contributed by atoms with Gasteiger partial charge in [-0.3, -0.25) is 4.79 Å². The Morgan fingerprint density at radius 3 is 1.29 bits per heavy atom. The predicted octanol–water partition coefficient (Wildman–Crippen LogP) is 10.6. The number of Topliss-reactive ketones (excluding diaryl/α,β-unsaturated/α-hetero) is 1. The third-order valence-electron chi connectivity index (χ3n) is 7.58. The third-order valence-corrected chi connectivity index (χ3v) is 7.58. The number of aliphatic hydroxyl groups is 2. The highest BCUT2D eigenvalue weighted by atomic mass is 16.3. The van der Waals surface area contributed by atoms with Crippen LogP contribution in [0.15, 0.2) is 24.3 Å². The van der Waals surface area contributed by atoms with Gasteiger partial charge >= 0.3 is 0 Å². The van der Waals surface area contributed by atoms with Crippen molar-refractivity contribution in [2.24, 2.45) is 0 Å². The Bertz CT molecular complexity index is 493. The van der Waals surface area contributed by atoms with Crippen LogP contribution in [0.3, 0.4) is 0 Å². The van der Waals surface area contributed by atoms with Crippen molar-refractivity contribution in [1.82, 2.24) is 0 Å². The molecule has 38 heavy (non-hydrogen) atoms. The van der Waals surface area contributed by atoms with E-state index >= 15 is 0 Å². The summed E-state index contributed by atoms with van der Waals surface area (Å²) in [6, 6.07) is 0. The molecular formula is C35H66O3. The molecule has 0 heterocycles. The van der Waals surface area contributed by atoms with Crippen LogP contribution in [-0.4, -0.2) is 28.2 Å². The number of carbonyl (C=O) groups excluding carboxylic acids is 1. The van der Waals surface area contributed by atoms with E-state index < -0.39 is 0 Å². The first-order valence-electron chi connectivity index (χ1n) is 16.8. The molecule has 0 aliphatic carbocycles. The first-order valence-corrected chi connectivity index (χ1v) is 16.8. The molecule has 0 amide bonds. The molecule has 0 saturated carbocycles. The molecule has 3 heteroatoms. The summed E-state index contributed by atoms with van der Waals surface area (Å²) < 4.78 is 0. The Kier molecular flexibility index (Phi) is 29.9. The summed E-state index contributed by atoms with van der Waals surface area (Å²) in [5.41, 5.74) is 0. The van der Waals surface area contributed by atoms with E-state index in [4.69, 9.17) is 0 Å². The summed E-state index contributed by atoms with van der Waals surface area (Å²) in [5.74, 6) is 0.456. The van der Waals surface area contributed by atoms with Crippen LogP contribution >= 0.6 is 0 Å². The van der Waals surface area contributed by atoms with E-state index in [1.165, 1.54) is 89.9 Å².